The van der Waals surface area contributed by atoms with Crippen molar-refractivity contribution in [3.63, 3.8) is 0 Å². The Hall–Kier alpha value is -0.810. The van der Waals surface area contributed by atoms with Crippen LogP contribution in [0, 0.1) is 0 Å². The first-order chi connectivity index (χ1) is 7.40. The van der Waals surface area contributed by atoms with Crippen molar-refractivity contribution in [3.05, 3.63) is 0 Å². The predicted octanol–water partition coefficient (Wildman–Crippen LogP) is 1.29. The quantitative estimate of drug-likeness (QED) is 0.492. The molecule has 0 aromatic rings. The number of hydrogen-bond donors (Lipinski definition) is 3. The van der Waals surface area contributed by atoms with Crippen LogP contribution in [0.4, 0.5) is 4.79 Å². The summed E-state index contributed by atoms with van der Waals surface area (Å²) in [6, 6.07) is 0.608. The van der Waals surface area contributed by atoms with Crippen LogP contribution in [0.5, 0.6) is 0 Å². The highest BCUT2D eigenvalue weighted by Gasteiger charge is 2.23. The Balaban J connectivity index is 2.26. The first-order valence-electron chi connectivity index (χ1n) is 5.86. The molecule has 0 atom stereocenters. The Morgan fingerprint density at radius 1 is 1.19 bits per heavy atom. The molecule has 16 heavy (non-hydrogen) atoms. The second kappa shape index (κ2) is 5.50. The summed E-state index contributed by atoms with van der Waals surface area (Å²) < 4.78 is 5.20. The molecule has 1 saturated carbocycles. The highest BCUT2D eigenvalue weighted by molar-refractivity contribution is 5.68. The van der Waals surface area contributed by atoms with Crippen molar-refractivity contribution >= 4 is 6.09 Å². The Morgan fingerprint density at radius 2 is 1.69 bits per heavy atom. The molecule has 0 aromatic heterocycles. The molecule has 0 unspecified atom stereocenters. The maximum atomic E-state index is 11.5. The first-order valence-corrected chi connectivity index (χ1v) is 5.86. The van der Waals surface area contributed by atoms with Gasteiger partial charge in [-0.1, -0.05) is 0 Å². The molecule has 1 rings (SSSR count). The van der Waals surface area contributed by atoms with Gasteiger partial charge in [0.05, 0.1) is 0 Å². The molecular formula is C11H23N3O2. The molecule has 0 saturated heterocycles. The lowest BCUT2D eigenvalue weighted by Crippen LogP contribution is -2.45. The zero-order chi connectivity index (χ0) is 12.2. The van der Waals surface area contributed by atoms with E-state index in [1.165, 1.54) is 0 Å². The van der Waals surface area contributed by atoms with E-state index in [1.807, 2.05) is 20.8 Å². The van der Waals surface area contributed by atoms with Gasteiger partial charge in [0.1, 0.15) is 5.60 Å². The minimum absolute atomic E-state index is 0.222. The van der Waals surface area contributed by atoms with E-state index in [-0.39, 0.29) is 12.1 Å². The molecule has 0 aliphatic heterocycles. The molecule has 5 nitrogen and oxygen atoms in total. The highest BCUT2D eigenvalue weighted by atomic mass is 16.6. The number of alkyl carbamates (subject to hydrolysis) is 1. The van der Waals surface area contributed by atoms with Crippen molar-refractivity contribution in [3.8, 4) is 0 Å². The van der Waals surface area contributed by atoms with Gasteiger partial charge in [0, 0.05) is 12.1 Å². The number of nitrogens with one attached hydrogen (secondary N) is 2. The Labute approximate surface area is 97.1 Å². The highest BCUT2D eigenvalue weighted by Crippen LogP contribution is 2.18. The van der Waals surface area contributed by atoms with E-state index < -0.39 is 5.60 Å². The number of nitrogens with two attached hydrogens (primary N) is 1. The van der Waals surface area contributed by atoms with Crippen LogP contribution in [0.3, 0.4) is 0 Å². The standard InChI is InChI=1S/C11H23N3O2/c1-11(2,3)16-10(15)13-8-4-6-9(14-12)7-5-8/h8-9,14H,4-7,12H2,1-3H3,(H,13,15)/t8-,9-. The maximum absolute atomic E-state index is 11.5. The monoisotopic (exact) mass is 229 g/mol. The lowest BCUT2D eigenvalue weighted by molar-refractivity contribution is 0.0490. The fourth-order valence-electron chi connectivity index (χ4n) is 1.88. The third-order valence-corrected chi connectivity index (χ3v) is 2.68. The average molecular weight is 229 g/mol. The molecule has 5 heteroatoms. The molecular weight excluding hydrogens is 206 g/mol. The van der Waals surface area contributed by atoms with E-state index in [2.05, 4.69) is 10.7 Å². The van der Waals surface area contributed by atoms with Crippen molar-refractivity contribution in [1.29, 1.82) is 0 Å². The van der Waals surface area contributed by atoms with Crippen molar-refractivity contribution in [2.24, 2.45) is 5.84 Å². The van der Waals surface area contributed by atoms with Crippen molar-refractivity contribution < 1.29 is 9.53 Å². The Bertz CT molecular complexity index is 230. The number of hydrogen-bond acceptors (Lipinski definition) is 4. The van der Waals surface area contributed by atoms with Gasteiger partial charge >= 0.3 is 6.09 Å². The number of hydrazine groups is 1. The van der Waals surface area contributed by atoms with E-state index in [0.29, 0.717) is 6.04 Å². The topological polar surface area (TPSA) is 76.4 Å². The minimum atomic E-state index is -0.430. The predicted molar refractivity (Wildman–Crippen MR) is 62.7 cm³/mol. The molecule has 1 aliphatic rings. The molecule has 0 spiro atoms. The molecule has 1 amide bonds. The minimum Gasteiger partial charge on any atom is -0.444 e. The maximum Gasteiger partial charge on any atom is 0.407 e. The molecule has 1 aliphatic carbocycles. The molecule has 1 fully saturated rings. The summed E-state index contributed by atoms with van der Waals surface area (Å²) in [6.45, 7) is 5.59. The van der Waals surface area contributed by atoms with Gasteiger partial charge in [-0.15, -0.1) is 0 Å². The lowest BCUT2D eigenvalue weighted by atomic mass is 9.92. The van der Waals surface area contributed by atoms with Gasteiger partial charge in [-0.25, -0.2) is 4.79 Å². The number of rotatable bonds is 2. The van der Waals surface area contributed by atoms with Crippen molar-refractivity contribution in [2.45, 2.75) is 64.1 Å². The smallest absolute Gasteiger partial charge is 0.407 e. The molecule has 0 radical (unpaired) electrons. The molecule has 0 heterocycles. The van der Waals surface area contributed by atoms with Gasteiger partial charge < -0.3 is 10.1 Å². The molecule has 94 valence electrons. The van der Waals surface area contributed by atoms with Gasteiger partial charge in [0.15, 0.2) is 0 Å². The van der Waals surface area contributed by atoms with Gasteiger partial charge in [-0.3, -0.25) is 11.3 Å². The van der Waals surface area contributed by atoms with Crippen LogP contribution in [0.15, 0.2) is 0 Å². The fourth-order valence-corrected chi connectivity index (χ4v) is 1.88. The lowest BCUT2D eigenvalue weighted by Gasteiger charge is -2.29. The van der Waals surface area contributed by atoms with E-state index in [0.717, 1.165) is 25.7 Å². The normalized spacial score (nSPS) is 26.2. The van der Waals surface area contributed by atoms with E-state index in [9.17, 15) is 4.79 Å². The third kappa shape index (κ3) is 4.81. The summed E-state index contributed by atoms with van der Waals surface area (Å²) >= 11 is 0. The SMILES string of the molecule is CC(C)(C)OC(=O)N[C@H]1CC[C@H](NN)CC1. The van der Waals surface area contributed by atoms with Crippen LogP contribution in [0.25, 0.3) is 0 Å². The second-order valence-electron chi connectivity index (χ2n) is 5.36. The molecule has 4 N–H and O–H groups in total. The summed E-state index contributed by atoms with van der Waals surface area (Å²) in [5.74, 6) is 5.37. The Morgan fingerprint density at radius 3 is 2.12 bits per heavy atom. The first kappa shape index (κ1) is 13.3. The fraction of sp³-hybridized carbons (Fsp3) is 0.909. The van der Waals surface area contributed by atoms with Crippen LogP contribution in [0.1, 0.15) is 46.5 Å². The second-order valence-corrected chi connectivity index (χ2v) is 5.36. The number of amides is 1. The van der Waals surface area contributed by atoms with Gasteiger partial charge in [0.25, 0.3) is 0 Å². The van der Waals surface area contributed by atoms with E-state index >= 15 is 0 Å². The number of carbonyl (C=O) groups is 1. The number of ether oxygens (including phenoxy) is 1. The van der Waals surface area contributed by atoms with Crippen LogP contribution in [0.2, 0.25) is 0 Å². The average Bonchev–Trinajstić information content (AvgIpc) is 2.16. The zero-order valence-corrected chi connectivity index (χ0v) is 10.4. The largest absolute Gasteiger partial charge is 0.444 e. The summed E-state index contributed by atoms with van der Waals surface area (Å²) in [5, 5.41) is 2.89. The van der Waals surface area contributed by atoms with Crippen LogP contribution < -0.4 is 16.6 Å². The summed E-state index contributed by atoms with van der Waals surface area (Å²) in [6.07, 6.45) is 3.58. The Kier molecular flexibility index (Phi) is 4.56. The van der Waals surface area contributed by atoms with Gasteiger partial charge in [0.2, 0.25) is 0 Å². The summed E-state index contributed by atoms with van der Waals surface area (Å²) in [5.41, 5.74) is 2.34. The zero-order valence-electron chi connectivity index (χ0n) is 10.4. The number of carbonyl (C=O) groups excluding carboxylic acids is 1. The van der Waals surface area contributed by atoms with E-state index in [4.69, 9.17) is 10.6 Å². The summed E-state index contributed by atoms with van der Waals surface area (Å²) in [7, 11) is 0. The molecule has 0 bridgehead atoms. The van der Waals surface area contributed by atoms with Gasteiger partial charge in [-0.05, 0) is 46.5 Å². The van der Waals surface area contributed by atoms with E-state index in [1.54, 1.807) is 0 Å². The van der Waals surface area contributed by atoms with Crippen LogP contribution in [-0.2, 0) is 4.74 Å². The van der Waals surface area contributed by atoms with Crippen molar-refractivity contribution in [2.75, 3.05) is 0 Å². The van der Waals surface area contributed by atoms with Crippen LogP contribution >= 0.6 is 0 Å². The van der Waals surface area contributed by atoms with Gasteiger partial charge in [-0.2, -0.15) is 0 Å². The van der Waals surface area contributed by atoms with Crippen molar-refractivity contribution in [1.82, 2.24) is 10.7 Å². The summed E-state index contributed by atoms with van der Waals surface area (Å²) in [4.78, 5) is 11.5. The van der Waals surface area contributed by atoms with Crippen LogP contribution in [-0.4, -0.2) is 23.8 Å². The molecule has 0 aromatic carbocycles. The third-order valence-electron chi connectivity index (χ3n) is 2.68.